The van der Waals surface area contributed by atoms with Crippen LogP contribution in [-0.2, 0) is 0 Å². The lowest BCUT2D eigenvalue weighted by atomic mass is 9.92. The Kier molecular flexibility index (Phi) is 2.87. The van der Waals surface area contributed by atoms with E-state index in [2.05, 4.69) is 63.3 Å². The fourth-order valence-electron chi connectivity index (χ4n) is 2.73. The van der Waals surface area contributed by atoms with Gasteiger partial charge in [0.1, 0.15) is 0 Å². The summed E-state index contributed by atoms with van der Waals surface area (Å²) < 4.78 is 0. The van der Waals surface area contributed by atoms with Crippen LogP contribution in [0.3, 0.4) is 0 Å². The summed E-state index contributed by atoms with van der Waals surface area (Å²) in [6, 6.07) is 11.2. The molecular weight excluding hydrogens is 236 g/mol. The van der Waals surface area contributed by atoms with E-state index in [9.17, 15) is 0 Å². The standard InChI is InChI=1S/C17H18S/c1-11(2)13-5-4-6-14-15(13)8-9-16(14)17-10-7-12(3)18-17/h4-11,16H,1-3H3. The largest absolute Gasteiger partial charge is 0.145 e. The van der Waals surface area contributed by atoms with Gasteiger partial charge < -0.3 is 0 Å². The van der Waals surface area contributed by atoms with Gasteiger partial charge in [0.25, 0.3) is 0 Å². The van der Waals surface area contributed by atoms with Gasteiger partial charge in [0.05, 0.1) is 0 Å². The summed E-state index contributed by atoms with van der Waals surface area (Å²) in [5, 5.41) is 0. The number of thiophene rings is 1. The predicted octanol–water partition coefficient (Wildman–Crippen LogP) is 5.34. The number of benzene rings is 1. The third-order valence-electron chi connectivity index (χ3n) is 3.65. The maximum absolute atomic E-state index is 2.35. The minimum absolute atomic E-state index is 0.470. The van der Waals surface area contributed by atoms with Crippen LogP contribution in [0.2, 0.25) is 0 Å². The average molecular weight is 254 g/mol. The van der Waals surface area contributed by atoms with E-state index in [1.54, 1.807) is 0 Å². The van der Waals surface area contributed by atoms with Crippen molar-refractivity contribution in [2.24, 2.45) is 0 Å². The number of allylic oxidation sites excluding steroid dienone is 1. The molecule has 1 atom stereocenters. The molecule has 2 aromatic rings. The quantitative estimate of drug-likeness (QED) is 0.678. The Labute approximate surface area is 113 Å². The van der Waals surface area contributed by atoms with Gasteiger partial charge in [-0.05, 0) is 41.7 Å². The first-order chi connectivity index (χ1) is 8.66. The Balaban J connectivity index is 2.08. The highest BCUT2D eigenvalue weighted by Crippen LogP contribution is 2.40. The zero-order valence-corrected chi connectivity index (χ0v) is 11.9. The van der Waals surface area contributed by atoms with Gasteiger partial charge in [-0.15, -0.1) is 11.3 Å². The lowest BCUT2D eigenvalue weighted by molar-refractivity contribution is 0.860. The van der Waals surface area contributed by atoms with Crippen LogP contribution in [-0.4, -0.2) is 0 Å². The van der Waals surface area contributed by atoms with Crippen molar-refractivity contribution in [3.8, 4) is 0 Å². The van der Waals surface area contributed by atoms with Crippen molar-refractivity contribution in [2.75, 3.05) is 0 Å². The molecule has 0 amide bonds. The molecule has 0 saturated heterocycles. The Bertz CT molecular complexity index is 602. The first kappa shape index (κ1) is 11.7. The van der Waals surface area contributed by atoms with Crippen LogP contribution in [0.5, 0.6) is 0 Å². The third-order valence-corrected chi connectivity index (χ3v) is 4.74. The molecule has 0 bridgehead atoms. The first-order valence-corrected chi connectivity index (χ1v) is 7.36. The van der Waals surface area contributed by atoms with Gasteiger partial charge >= 0.3 is 0 Å². The second kappa shape index (κ2) is 4.40. The number of aryl methyl sites for hydroxylation is 1. The summed E-state index contributed by atoms with van der Waals surface area (Å²) >= 11 is 1.91. The molecule has 3 rings (SSSR count). The highest BCUT2D eigenvalue weighted by molar-refractivity contribution is 7.12. The molecule has 0 N–H and O–H groups in total. The number of hydrogen-bond acceptors (Lipinski definition) is 1. The lowest BCUT2D eigenvalue weighted by Gasteiger charge is -2.14. The summed E-state index contributed by atoms with van der Waals surface area (Å²) in [5.41, 5.74) is 4.39. The van der Waals surface area contributed by atoms with E-state index >= 15 is 0 Å². The van der Waals surface area contributed by atoms with Crippen LogP contribution in [0.1, 0.15) is 52.1 Å². The van der Waals surface area contributed by atoms with E-state index in [0.29, 0.717) is 11.8 Å². The summed E-state index contributed by atoms with van der Waals surface area (Å²) in [5.74, 6) is 1.06. The van der Waals surface area contributed by atoms with Gasteiger partial charge in [-0.2, -0.15) is 0 Å². The van der Waals surface area contributed by atoms with Crippen LogP contribution < -0.4 is 0 Å². The van der Waals surface area contributed by atoms with Crippen molar-refractivity contribution in [2.45, 2.75) is 32.6 Å². The van der Waals surface area contributed by atoms with E-state index < -0.39 is 0 Å². The maximum Gasteiger partial charge on any atom is 0.0373 e. The van der Waals surface area contributed by atoms with Gasteiger partial charge in [-0.25, -0.2) is 0 Å². The Morgan fingerprint density at radius 3 is 2.61 bits per heavy atom. The summed E-state index contributed by atoms with van der Waals surface area (Å²) in [4.78, 5) is 2.86. The molecule has 1 aromatic heterocycles. The third kappa shape index (κ3) is 1.83. The van der Waals surface area contributed by atoms with Crippen LogP contribution in [0, 0.1) is 6.92 Å². The molecule has 0 spiro atoms. The second-order valence-electron chi connectivity index (χ2n) is 5.29. The lowest BCUT2D eigenvalue weighted by Crippen LogP contribution is -1.97. The van der Waals surface area contributed by atoms with E-state index in [1.807, 2.05) is 11.3 Å². The minimum Gasteiger partial charge on any atom is -0.145 e. The molecule has 0 nitrogen and oxygen atoms in total. The van der Waals surface area contributed by atoms with Crippen molar-refractivity contribution >= 4 is 17.4 Å². The molecule has 18 heavy (non-hydrogen) atoms. The molecule has 0 fully saturated rings. The minimum atomic E-state index is 0.470. The fourth-order valence-corrected chi connectivity index (χ4v) is 3.71. The number of rotatable bonds is 2. The monoisotopic (exact) mass is 254 g/mol. The van der Waals surface area contributed by atoms with E-state index in [0.717, 1.165) is 0 Å². The topological polar surface area (TPSA) is 0 Å². The molecule has 1 aliphatic carbocycles. The van der Waals surface area contributed by atoms with Crippen molar-refractivity contribution < 1.29 is 0 Å². The Morgan fingerprint density at radius 2 is 1.94 bits per heavy atom. The fraction of sp³-hybridized carbons (Fsp3) is 0.294. The van der Waals surface area contributed by atoms with Gasteiger partial charge in [0.2, 0.25) is 0 Å². The molecular formula is C17H18S. The molecule has 1 aromatic carbocycles. The van der Waals surface area contributed by atoms with Gasteiger partial charge in [-0.3, -0.25) is 0 Å². The molecule has 1 unspecified atom stereocenters. The zero-order valence-electron chi connectivity index (χ0n) is 11.1. The second-order valence-corrected chi connectivity index (χ2v) is 6.61. The van der Waals surface area contributed by atoms with Gasteiger partial charge in [0.15, 0.2) is 0 Å². The van der Waals surface area contributed by atoms with Crippen LogP contribution in [0.4, 0.5) is 0 Å². The number of hydrogen-bond donors (Lipinski definition) is 0. The van der Waals surface area contributed by atoms with E-state index in [4.69, 9.17) is 0 Å². The van der Waals surface area contributed by atoms with E-state index in [-0.39, 0.29) is 0 Å². The van der Waals surface area contributed by atoms with Crippen LogP contribution in [0.25, 0.3) is 6.08 Å². The highest BCUT2D eigenvalue weighted by atomic mass is 32.1. The SMILES string of the molecule is Cc1ccc(C2C=Cc3c(C(C)C)cccc32)s1. The predicted molar refractivity (Wildman–Crippen MR) is 80.5 cm³/mol. The zero-order chi connectivity index (χ0) is 12.7. The van der Waals surface area contributed by atoms with Crippen molar-refractivity contribution in [3.63, 3.8) is 0 Å². The smallest absolute Gasteiger partial charge is 0.0373 e. The van der Waals surface area contributed by atoms with Crippen LogP contribution >= 0.6 is 11.3 Å². The first-order valence-electron chi connectivity index (χ1n) is 6.54. The molecule has 0 saturated carbocycles. The maximum atomic E-state index is 2.35. The Hall–Kier alpha value is -1.34. The van der Waals surface area contributed by atoms with Crippen molar-refractivity contribution in [1.29, 1.82) is 0 Å². The van der Waals surface area contributed by atoms with Crippen molar-refractivity contribution in [3.05, 3.63) is 62.9 Å². The molecule has 1 heteroatoms. The number of fused-ring (bicyclic) bond motifs is 1. The average Bonchev–Trinajstić information content (AvgIpc) is 2.93. The molecule has 92 valence electrons. The highest BCUT2D eigenvalue weighted by Gasteiger charge is 2.22. The Morgan fingerprint density at radius 1 is 1.11 bits per heavy atom. The summed E-state index contributed by atoms with van der Waals surface area (Å²) in [6.07, 6.45) is 4.66. The van der Waals surface area contributed by atoms with Gasteiger partial charge in [-0.1, -0.05) is 44.2 Å². The van der Waals surface area contributed by atoms with E-state index in [1.165, 1.54) is 26.4 Å². The normalized spacial score (nSPS) is 17.4. The summed E-state index contributed by atoms with van der Waals surface area (Å²) in [7, 11) is 0. The van der Waals surface area contributed by atoms with Gasteiger partial charge in [0, 0.05) is 15.7 Å². The van der Waals surface area contributed by atoms with Crippen molar-refractivity contribution in [1.82, 2.24) is 0 Å². The molecule has 0 radical (unpaired) electrons. The molecule has 1 heterocycles. The molecule has 1 aliphatic rings. The summed E-state index contributed by atoms with van der Waals surface area (Å²) in [6.45, 7) is 6.72. The van der Waals surface area contributed by atoms with Crippen LogP contribution in [0.15, 0.2) is 36.4 Å². The molecule has 0 aliphatic heterocycles.